The lowest BCUT2D eigenvalue weighted by Gasteiger charge is -2.52. The zero-order valence-corrected chi connectivity index (χ0v) is 19.9. The van der Waals surface area contributed by atoms with Crippen LogP contribution in [0.4, 0.5) is 0 Å². The molecule has 4 nitrogen and oxygen atoms in total. The fraction of sp³-hybridized carbons (Fsp3) is 0.962. The summed E-state index contributed by atoms with van der Waals surface area (Å²) >= 11 is 0. The van der Waals surface area contributed by atoms with Crippen LogP contribution in [0.15, 0.2) is 0 Å². The van der Waals surface area contributed by atoms with Crippen LogP contribution < -0.4 is 0 Å². The molecule has 0 aromatic rings. The maximum atomic E-state index is 11.7. The molecular weight excluding hydrogens is 376 g/mol. The Morgan fingerprint density at radius 3 is 2.43 bits per heavy atom. The minimum Gasteiger partial charge on any atom is -0.481 e. The molecule has 3 N–H and O–H groups in total. The van der Waals surface area contributed by atoms with Crippen LogP contribution in [0.2, 0.25) is 0 Å². The summed E-state index contributed by atoms with van der Waals surface area (Å²) in [6.07, 6.45) is 8.01. The van der Waals surface area contributed by atoms with Gasteiger partial charge < -0.3 is 15.3 Å². The average molecular weight is 423 g/mol. The summed E-state index contributed by atoms with van der Waals surface area (Å²) in [5, 5.41) is 31.0. The molecule has 0 aliphatic heterocycles. The first-order valence-corrected chi connectivity index (χ1v) is 12.6. The van der Waals surface area contributed by atoms with E-state index in [1.165, 1.54) is 19.3 Å². The van der Waals surface area contributed by atoms with Crippen LogP contribution in [-0.4, -0.2) is 33.5 Å². The number of aliphatic carboxylic acids is 1. The van der Waals surface area contributed by atoms with Crippen molar-refractivity contribution in [3.63, 3.8) is 0 Å². The summed E-state index contributed by atoms with van der Waals surface area (Å²) in [7, 11) is 0. The number of carboxylic acid groups (broad SMARTS) is 1. The first-order valence-electron chi connectivity index (χ1n) is 12.6. The average Bonchev–Trinajstić information content (AvgIpc) is 3.04. The van der Waals surface area contributed by atoms with Crippen molar-refractivity contribution < 1.29 is 20.1 Å². The van der Waals surface area contributed by atoms with Gasteiger partial charge in [-0.25, -0.2) is 0 Å². The number of rotatable bonds is 7. The van der Waals surface area contributed by atoms with E-state index >= 15 is 0 Å². The lowest BCUT2D eigenvalue weighted by molar-refractivity contribution is -0.137. The van der Waals surface area contributed by atoms with E-state index in [9.17, 15) is 15.0 Å². The molecule has 0 aromatic heterocycles. The summed E-state index contributed by atoms with van der Waals surface area (Å²) in [6, 6.07) is 0. The molecule has 0 spiro atoms. The van der Waals surface area contributed by atoms with Crippen molar-refractivity contribution in [2.75, 3.05) is 0 Å². The number of fused-ring (bicyclic) bond motifs is 1. The molecule has 0 saturated heterocycles. The molecule has 11 atom stereocenters. The van der Waals surface area contributed by atoms with Gasteiger partial charge in [0.25, 0.3) is 0 Å². The van der Waals surface area contributed by atoms with Gasteiger partial charge in [0.05, 0.1) is 12.2 Å². The Kier molecular flexibility index (Phi) is 7.60. The predicted molar refractivity (Wildman–Crippen MR) is 120 cm³/mol. The Hall–Kier alpha value is -0.610. The van der Waals surface area contributed by atoms with Gasteiger partial charge in [-0.15, -0.1) is 0 Å². The van der Waals surface area contributed by atoms with Crippen molar-refractivity contribution in [1.29, 1.82) is 0 Å². The van der Waals surface area contributed by atoms with Gasteiger partial charge >= 0.3 is 5.97 Å². The molecule has 3 aliphatic rings. The lowest BCUT2D eigenvalue weighted by Crippen LogP contribution is -2.49. The van der Waals surface area contributed by atoms with Crippen LogP contribution in [0, 0.1) is 52.8 Å². The van der Waals surface area contributed by atoms with Crippen molar-refractivity contribution in [2.45, 2.75) is 105 Å². The van der Waals surface area contributed by atoms with Gasteiger partial charge in [-0.2, -0.15) is 0 Å². The third kappa shape index (κ3) is 4.60. The van der Waals surface area contributed by atoms with Crippen LogP contribution in [-0.2, 0) is 4.79 Å². The van der Waals surface area contributed by atoms with E-state index in [1.807, 2.05) is 0 Å². The molecule has 0 unspecified atom stereocenters. The standard InChI is InChI=1S/C26H46O4/c1-15-6-8-19(27)14-20(15)18(4)25(30)24-17(3)12-13-26(5)21(9-10-22(24)26)16(2)7-11-23(28)29/h15-22,24-25,27,30H,6-14H2,1-5H3,(H,28,29)/t15-,16-,17+,18-,19-,20-,21-,22+,24-,25+,26-/m1/s1. The van der Waals surface area contributed by atoms with Crippen molar-refractivity contribution in [1.82, 2.24) is 0 Å². The molecule has 3 rings (SSSR count). The predicted octanol–water partition coefficient (Wildman–Crippen LogP) is 5.36. The normalized spacial score (nSPS) is 44.8. The molecule has 3 saturated carbocycles. The lowest BCUT2D eigenvalue weighted by atomic mass is 9.54. The highest BCUT2D eigenvalue weighted by atomic mass is 16.4. The van der Waals surface area contributed by atoms with Crippen molar-refractivity contribution in [2.24, 2.45) is 52.8 Å². The van der Waals surface area contributed by atoms with Gasteiger partial charge in [0.1, 0.15) is 0 Å². The maximum Gasteiger partial charge on any atom is 0.303 e. The molecule has 30 heavy (non-hydrogen) atoms. The maximum absolute atomic E-state index is 11.7. The number of aliphatic hydroxyl groups excluding tert-OH is 2. The highest BCUT2D eigenvalue weighted by molar-refractivity contribution is 5.66. The smallest absolute Gasteiger partial charge is 0.303 e. The quantitative estimate of drug-likeness (QED) is 0.516. The minimum absolute atomic E-state index is 0.208. The van der Waals surface area contributed by atoms with Crippen molar-refractivity contribution in [3.8, 4) is 0 Å². The number of hydrogen-bond acceptors (Lipinski definition) is 3. The molecule has 0 bridgehead atoms. The summed E-state index contributed by atoms with van der Waals surface area (Å²) < 4.78 is 0. The highest BCUT2D eigenvalue weighted by Crippen LogP contribution is 2.62. The second kappa shape index (κ2) is 9.48. The van der Waals surface area contributed by atoms with E-state index < -0.39 is 5.97 Å². The number of hydrogen-bond donors (Lipinski definition) is 3. The first-order chi connectivity index (χ1) is 14.1. The molecule has 0 radical (unpaired) electrons. The summed E-state index contributed by atoms with van der Waals surface area (Å²) in [6.45, 7) is 11.5. The summed E-state index contributed by atoms with van der Waals surface area (Å²) in [5.41, 5.74) is 0.216. The molecule has 3 aliphatic carbocycles. The Morgan fingerprint density at radius 1 is 1.07 bits per heavy atom. The van der Waals surface area contributed by atoms with E-state index in [2.05, 4.69) is 34.6 Å². The van der Waals surface area contributed by atoms with Crippen LogP contribution >= 0.6 is 0 Å². The zero-order valence-electron chi connectivity index (χ0n) is 19.9. The van der Waals surface area contributed by atoms with E-state index in [0.717, 1.165) is 32.1 Å². The number of carbonyl (C=O) groups is 1. The SMILES string of the molecule is C[C@@H]([C@H](O)[C@@H]1[C@@H](C)CC[C@]2(C)[C@@H]([C@H](C)CCC(=O)O)CC[C@@H]12)[C@@H]1C[C@H](O)CC[C@H]1C. The fourth-order valence-electron chi connectivity index (χ4n) is 8.16. The van der Waals surface area contributed by atoms with Gasteiger partial charge in [0.2, 0.25) is 0 Å². The molecular formula is C26H46O4. The van der Waals surface area contributed by atoms with E-state index in [-0.39, 0.29) is 30.0 Å². The molecule has 0 aromatic carbocycles. The van der Waals surface area contributed by atoms with Crippen molar-refractivity contribution >= 4 is 5.97 Å². The topological polar surface area (TPSA) is 77.8 Å². The molecule has 0 amide bonds. The summed E-state index contributed by atoms with van der Waals surface area (Å²) in [4.78, 5) is 11.1. The second-order valence-electron chi connectivity index (χ2n) is 11.8. The Labute approximate surface area is 183 Å². The Bertz CT molecular complexity index is 592. The van der Waals surface area contributed by atoms with Gasteiger partial charge in [0, 0.05) is 6.42 Å². The number of aliphatic hydroxyl groups is 2. The first kappa shape index (κ1) is 24.0. The third-order valence-electron chi connectivity index (χ3n) is 10.1. The Morgan fingerprint density at radius 2 is 1.77 bits per heavy atom. The van der Waals surface area contributed by atoms with Crippen LogP contribution in [0.5, 0.6) is 0 Å². The van der Waals surface area contributed by atoms with Crippen LogP contribution in [0.25, 0.3) is 0 Å². The van der Waals surface area contributed by atoms with Crippen LogP contribution in [0.3, 0.4) is 0 Å². The van der Waals surface area contributed by atoms with Gasteiger partial charge in [-0.3, -0.25) is 4.79 Å². The van der Waals surface area contributed by atoms with Crippen LogP contribution in [0.1, 0.15) is 92.4 Å². The second-order valence-corrected chi connectivity index (χ2v) is 11.8. The molecule has 4 heteroatoms. The third-order valence-corrected chi connectivity index (χ3v) is 10.1. The molecule has 0 heterocycles. The summed E-state index contributed by atoms with van der Waals surface area (Å²) in [5.74, 6) is 2.85. The van der Waals surface area contributed by atoms with E-state index in [0.29, 0.717) is 41.4 Å². The van der Waals surface area contributed by atoms with Gasteiger partial charge in [-0.05, 0) is 104 Å². The minimum atomic E-state index is -0.690. The van der Waals surface area contributed by atoms with E-state index in [1.54, 1.807) is 0 Å². The largest absolute Gasteiger partial charge is 0.481 e. The molecule has 3 fully saturated rings. The van der Waals surface area contributed by atoms with Gasteiger partial charge in [-0.1, -0.05) is 34.6 Å². The fourth-order valence-corrected chi connectivity index (χ4v) is 8.16. The Balaban J connectivity index is 1.75. The monoisotopic (exact) mass is 422 g/mol. The molecule has 174 valence electrons. The highest BCUT2D eigenvalue weighted by Gasteiger charge is 2.56. The number of carboxylic acids is 1. The van der Waals surface area contributed by atoms with Crippen molar-refractivity contribution in [3.05, 3.63) is 0 Å². The zero-order chi connectivity index (χ0) is 22.2. The van der Waals surface area contributed by atoms with E-state index in [4.69, 9.17) is 5.11 Å². The van der Waals surface area contributed by atoms with Gasteiger partial charge in [0.15, 0.2) is 0 Å².